The lowest BCUT2D eigenvalue weighted by molar-refractivity contribution is 0.0908. The molecule has 0 aliphatic rings. The summed E-state index contributed by atoms with van der Waals surface area (Å²) in [6, 6.07) is 11.3. The molecule has 2 aromatic rings. The van der Waals surface area contributed by atoms with Crippen molar-refractivity contribution in [2.24, 2.45) is 0 Å². The summed E-state index contributed by atoms with van der Waals surface area (Å²) in [4.78, 5) is 12.0. The fraction of sp³-hybridized carbons (Fsp3) is 0.231. The number of rotatable bonds is 4. The molecule has 1 unspecified atom stereocenters. The number of H-pyrrole nitrogens is 1. The van der Waals surface area contributed by atoms with Crippen molar-refractivity contribution in [3.05, 3.63) is 53.9 Å². The molecule has 0 saturated carbocycles. The number of hydrogen-bond acceptors (Lipinski definition) is 2. The Labute approximate surface area is 110 Å². The third-order valence-electron chi connectivity index (χ3n) is 2.81. The smallest absolute Gasteiger partial charge is 0.270 e. The molecular formula is C13H14ClN3O. The lowest BCUT2D eigenvalue weighted by atomic mass is 9.94. The zero-order chi connectivity index (χ0) is 13.0. The first-order valence-corrected chi connectivity index (χ1v) is 6.12. The number of carbonyl (C=O) groups excluding carboxylic acids is 1. The van der Waals surface area contributed by atoms with E-state index in [1.54, 1.807) is 6.07 Å². The van der Waals surface area contributed by atoms with Crippen LogP contribution in [0.4, 0.5) is 0 Å². The SMILES string of the molecule is CC(CCl)(NC(=O)c1ccn[nH]1)c1ccccc1. The highest BCUT2D eigenvalue weighted by Crippen LogP contribution is 2.22. The topological polar surface area (TPSA) is 57.8 Å². The number of carbonyl (C=O) groups is 1. The summed E-state index contributed by atoms with van der Waals surface area (Å²) in [6.07, 6.45) is 1.54. The van der Waals surface area contributed by atoms with Crippen LogP contribution in [0.25, 0.3) is 0 Å². The van der Waals surface area contributed by atoms with Gasteiger partial charge < -0.3 is 5.32 Å². The highest BCUT2D eigenvalue weighted by molar-refractivity contribution is 6.18. The van der Waals surface area contributed by atoms with Gasteiger partial charge in [-0.2, -0.15) is 5.10 Å². The van der Waals surface area contributed by atoms with Crippen molar-refractivity contribution in [3.8, 4) is 0 Å². The highest BCUT2D eigenvalue weighted by Gasteiger charge is 2.28. The summed E-state index contributed by atoms with van der Waals surface area (Å²) < 4.78 is 0. The Balaban J connectivity index is 2.21. The van der Waals surface area contributed by atoms with E-state index in [1.165, 1.54) is 6.20 Å². The lowest BCUT2D eigenvalue weighted by Crippen LogP contribution is -2.45. The van der Waals surface area contributed by atoms with E-state index in [-0.39, 0.29) is 11.8 Å². The molecule has 5 heteroatoms. The van der Waals surface area contributed by atoms with Gasteiger partial charge in [0.1, 0.15) is 5.69 Å². The first-order chi connectivity index (χ1) is 8.65. The summed E-state index contributed by atoms with van der Waals surface area (Å²) in [7, 11) is 0. The second-order valence-electron chi connectivity index (χ2n) is 4.26. The van der Waals surface area contributed by atoms with E-state index < -0.39 is 5.54 Å². The van der Waals surface area contributed by atoms with Crippen LogP contribution < -0.4 is 5.32 Å². The van der Waals surface area contributed by atoms with Crippen LogP contribution in [0.5, 0.6) is 0 Å². The number of halogens is 1. The fourth-order valence-electron chi connectivity index (χ4n) is 1.69. The number of nitrogens with one attached hydrogen (secondary N) is 2. The maximum Gasteiger partial charge on any atom is 0.270 e. The van der Waals surface area contributed by atoms with Crippen LogP contribution in [-0.4, -0.2) is 22.0 Å². The molecule has 1 amide bonds. The van der Waals surface area contributed by atoms with E-state index in [2.05, 4.69) is 15.5 Å². The zero-order valence-corrected chi connectivity index (χ0v) is 10.7. The molecule has 1 heterocycles. The van der Waals surface area contributed by atoms with Crippen molar-refractivity contribution in [2.75, 3.05) is 5.88 Å². The van der Waals surface area contributed by atoms with Gasteiger partial charge in [0.25, 0.3) is 5.91 Å². The molecule has 1 atom stereocenters. The number of aromatic amines is 1. The Hall–Kier alpha value is -1.81. The number of alkyl halides is 1. The van der Waals surface area contributed by atoms with Gasteiger partial charge in [0.2, 0.25) is 0 Å². The van der Waals surface area contributed by atoms with Gasteiger partial charge in [0, 0.05) is 12.1 Å². The molecule has 1 aromatic carbocycles. The summed E-state index contributed by atoms with van der Waals surface area (Å²) in [6.45, 7) is 1.89. The van der Waals surface area contributed by atoms with Gasteiger partial charge in [-0.05, 0) is 18.6 Å². The molecule has 0 aliphatic carbocycles. The summed E-state index contributed by atoms with van der Waals surface area (Å²) in [5.41, 5.74) is 0.778. The largest absolute Gasteiger partial charge is 0.340 e. The summed E-state index contributed by atoms with van der Waals surface area (Å²) in [5.74, 6) is 0.0659. The third kappa shape index (κ3) is 2.54. The normalized spacial score (nSPS) is 13.9. The van der Waals surface area contributed by atoms with Crippen LogP contribution in [0.1, 0.15) is 23.0 Å². The molecule has 2 rings (SSSR count). The first-order valence-electron chi connectivity index (χ1n) is 5.59. The highest BCUT2D eigenvalue weighted by atomic mass is 35.5. The third-order valence-corrected chi connectivity index (χ3v) is 3.35. The number of nitrogens with zero attached hydrogens (tertiary/aromatic N) is 1. The Morgan fingerprint density at radius 3 is 2.67 bits per heavy atom. The molecule has 0 aliphatic heterocycles. The molecule has 0 radical (unpaired) electrons. The molecule has 0 fully saturated rings. The van der Waals surface area contributed by atoms with Crippen LogP contribution in [0.15, 0.2) is 42.6 Å². The van der Waals surface area contributed by atoms with E-state index in [0.717, 1.165) is 5.56 Å². The Bertz CT molecular complexity index is 512. The van der Waals surface area contributed by atoms with E-state index in [1.807, 2.05) is 37.3 Å². The van der Waals surface area contributed by atoms with Crippen molar-refractivity contribution in [2.45, 2.75) is 12.5 Å². The van der Waals surface area contributed by atoms with Crippen LogP contribution in [-0.2, 0) is 5.54 Å². The molecule has 94 valence electrons. The lowest BCUT2D eigenvalue weighted by Gasteiger charge is -2.29. The zero-order valence-electron chi connectivity index (χ0n) is 9.98. The summed E-state index contributed by atoms with van der Waals surface area (Å²) >= 11 is 6.01. The molecule has 1 aromatic heterocycles. The van der Waals surface area contributed by atoms with Gasteiger partial charge >= 0.3 is 0 Å². The van der Waals surface area contributed by atoms with Crippen molar-refractivity contribution in [1.29, 1.82) is 0 Å². The van der Waals surface area contributed by atoms with Crippen LogP contribution in [0.3, 0.4) is 0 Å². The van der Waals surface area contributed by atoms with E-state index in [9.17, 15) is 4.79 Å². The maximum absolute atomic E-state index is 12.0. The average molecular weight is 264 g/mol. The van der Waals surface area contributed by atoms with Crippen LogP contribution in [0.2, 0.25) is 0 Å². The molecule has 0 bridgehead atoms. The minimum absolute atomic E-state index is 0.223. The van der Waals surface area contributed by atoms with Gasteiger partial charge in [0.05, 0.1) is 5.54 Å². The molecule has 18 heavy (non-hydrogen) atoms. The molecular weight excluding hydrogens is 250 g/mol. The number of amides is 1. The van der Waals surface area contributed by atoms with E-state index in [4.69, 9.17) is 11.6 Å². The van der Waals surface area contributed by atoms with Gasteiger partial charge in [-0.25, -0.2) is 0 Å². The van der Waals surface area contributed by atoms with E-state index >= 15 is 0 Å². The van der Waals surface area contributed by atoms with Crippen molar-refractivity contribution in [1.82, 2.24) is 15.5 Å². The second-order valence-corrected chi connectivity index (χ2v) is 4.52. The monoisotopic (exact) mass is 263 g/mol. The van der Waals surface area contributed by atoms with Gasteiger partial charge in [-0.15, -0.1) is 11.6 Å². The predicted molar refractivity (Wildman–Crippen MR) is 70.6 cm³/mol. The minimum atomic E-state index is -0.606. The minimum Gasteiger partial charge on any atom is -0.340 e. The predicted octanol–water partition coefficient (Wildman–Crippen LogP) is 2.29. The number of hydrogen-bond donors (Lipinski definition) is 2. The Morgan fingerprint density at radius 1 is 1.39 bits per heavy atom. The maximum atomic E-state index is 12.0. The number of benzene rings is 1. The van der Waals surface area contributed by atoms with Gasteiger partial charge in [-0.1, -0.05) is 30.3 Å². The standard InChI is InChI=1S/C13H14ClN3O/c1-13(9-14,10-5-3-2-4-6-10)16-12(18)11-7-8-15-17-11/h2-8H,9H2,1H3,(H,15,17)(H,16,18). The van der Waals surface area contributed by atoms with Crippen LogP contribution >= 0.6 is 11.6 Å². The van der Waals surface area contributed by atoms with Crippen LogP contribution in [0, 0.1) is 0 Å². The Morgan fingerprint density at radius 2 is 2.11 bits per heavy atom. The molecule has 0 saturated heterocycles. The first kappa shape index (κ1) is 12.6. The molecule has 4 nitrogen and oxygen atoms in total. The van der Waals surface area contributed by atoms with Gasteiger partial charge in [-0.3, -0.25) is 9.89 Å². The van der Waals surface area contributed by atoms with Gasteiger partial charge in [0.15, 0.2) is 0 Å². The molecule has 2 N–H and O–H groups in total. The number of aromatic nitrogens is 2. The summed E-state index contributed by atoms with van der Waals surface area (Å²) in [5, 5.41) is 9.30. The molecule has 0 spiro atoms. The fourth-order valence-corrected chi connectivity index (χ4v) is 1.91. The second kappa shape index (κ2) is 5.23. The quantitative estimate of drug-likeness (QED) is 0.832. The average Bonchev–Trinajstić information content (AvgIpc) is 2.93. The Kier molecular flexibility index (Phi) is 3.67. The van der Waals surface area contributed by atoms with E-state index in [0.29, 0.717) is 5.69 Å². The van der Waals surface area contributed by atoms with Crippen molar-refractivity contribution in [3.63, 3.8) is 0 Å². The van der Waals surface area contributed by atoms with Crippen molar-refractivity contribution >= 4 is 17.5 Å². The van der Waals surface area contributed by atoms with Crippen molar-refractivity contribution < 1.29 is 4.79 Å².